The highest BCUT2D eigenvalue weighted by atomic mass is 16.5. The van der Waals surface area contributed by atoms with E-state index in [0.29, 0.717) is 31.5 Å². The normalized spacial score (nSPS) is 24.7. The van der Waals surface area contributed by atoms with E-state index in [1.165, 1.54) is 6.42 Å². The zero-order valence-electron chi connectivity index (χ0n) is 22.4. The molecular formula is C29H41N3O5. The second-order valence-electron chi connectivity index (χ2n) is 11.2. The number of aromatic nitrogens is 1. The highest BCUT2D eigenvalue weighted by Crippen LogP contribution is 2.30. The Kier molecular flexibility index (Phi) is 8.76. The molecule has 1 aliphatic heterocycles. The highest BCUT2D eigenvalue weighted by molar-refractivity contribution is 5.97. The van der Waals surface area contributed by atoms with Crippen LogP contribution < -0.4 is 4.74 Å². The van der Waals surface area contributed by atoms with Gasteiger partial charge in [-0.15, -0.1) is 0 Å². The molecule has 2 aliphatic carbocycles. The summed E-state index contributed by atoms with van der Waals surface area (Å²) < 4.78 is 6.33. The van der Waals surface area contributed by atoms with Crippen LogP contribution in [0.5, 0.6) is 5.88 Å². The first kappa shape index (κ1) is 27.4. The second-order valence-corrected chi connectivity index (χ2v) is 11.2. The molecule has 2 N–H and O–H groups in total. The third kappa shape index (κ3) is 6.45. The van der Waals surface area contributed by atoms with Crippen molar-refractivity contribution in [1.29, 1.82) is 0 Å². The van der Waals surface area contributed by atoms with Gasteiger partial charge in [0.15, 0.2) is 0 Å². The molecule has 2 saturated carbocycles. The summed E-state index contributed by atoms with van der Waals surface area (Å²) in [7, 11) is 1.83. The fraction of sp³-hybridized carbons (Fsp3) is 0.690. The molecule has 0 aromatic carbocycles. The Balaban J connectivity index is 1.61. The van der Waals surface area contributed by atoms with E-state index in [1.807, 2.05) is 20.9 Å². The van der Waals surface area contributed by atoms with Gasteiger partial charge < -0.3 is 24.7 Å². The van der Waals surface area contributed by atoms with Crippen LogP contribution in [0.1, 0.15) is 87.6 Å². The molecule has 2 heterocycles. The largest absolute Gasteiger partial charge is 0.472 e. The first-order valence-electron chi connectivity index (χ1n) is 13.8. The number of carbonyl (C=O) groups is 2. The monoisotopic (exact) mass is 511 g/mol. The Labute approximate surface area is 220 Å². The fourth-order valence-corrected chi connectivity index (χ4v) is 5.68. The van der Waals surface area contributed by atoms with Crippen molar-refractivity contribution in [3.63, 3.8) is 0 Å². The highest BCUT2D eigenvalue weighted by Gasteiger charge is 2.36. The van der Waals surface area contributed by atoms with Crippen LogP contribution in [0.25, 0.3) is 0 Å². The zero-order chi connectivity index (χ0) is 26.6. The Hall–Kier alpha value is -2.63. The van der Waals surface area contributed by atoms with Crippen molar-refractivity contribution >= 4 is 11.8 Å². The van der Waals surface area contributed by atoms with Crippen molar-refractivity contribution in [2.75, 3.05) is 26.7 Å². The molecule has 37 heavy (non-hydrogen) atoms. The van der Waals surface area contributed by atoms with Gasteiger partial charge in [0.1, 0.15) is 17.3 Å². The fourth-order valence-electron chi connectivity index (χ4n) is 5.68. The number of nitrogens with zero attached hydrogens (tertiary/aromatic N) is 3. The lowest BCUT2D eigenvalue weighted by Gasteiger charge is -2.38. The van der Waals surface area contributed by atoms with Crippen molar-refractivity contribution in [2.45, 2.75) is 89.4 Å². The van der Waals surface area contributed by atoms with Gasteiger partial charge in [-0.2, -0.15) is 0 Å². The lowest BCUT2D eigenvalue weighted by molar-refractivity contribution is -0.136. The molecule has 0 bridgehead atoms. The van der Waals surface area contributed by atoms with E-state index in [1.54, 1.807) is 22.1 Å². The van der Waals surface area contributed by atoms with Crippen molar-refractivity contribution < 1.29 is 24.5 Å². The van der Waals surface area contributed by atoms with Gasteiger partial charge in [0.2, 0.25) is 11.8 Å². The first-order valence-corrected chi connectivity index (χ1v) is 13.8. The topological polar surface area (TPSA) is 103 Å². The molecule has 2 fully saturated rings. The zero-order valence-corrected chi connectivity index (χ0v) is 22.4. The van der Waals surface area contributed by atoms with Gasteiger partial charge in [0.25, 0.3) is 5.91 Å². The van der Waals surface area contributed by atoms with E-state index in [2.05, 4.69) is 16.8 Å². The summed E-state index contributed by atoms with van der Waals surface area (Å²) in [4.78, 5) is 34.6. The Morgan fingerprint density at radius 1 is 1.27 bits per heavy atom. The maximum atomic E-state index is 13.6. The van der Waals surface area contributed by atoms with Gasteiger partial charge in [-0.1, -0.05) is 38.0 Å². The Morgan fingerprint density at radius 3 is 2.65 bits per heavy atom. The molecule has 202 valence electrons. The van der Waals surface area contributed by atoms with Gasteiger partial charge >= 0.3 is 0 Å². The molecule has 8 heteroatoms. The summed E-state index contributed by atoms with van der Waals surface area (Å²) in [5, 5.41) is 20.5. The lowest BCUT2D eigenvalue weighted by Crippen LogP contribution is -2.51. The van der Waals surface area contributed by atoms with Crippen LogP contribution in [0.4, 0.5) is 0 Å². The van der Waals surface area contributed by atoms with E-state index in [-0.39, 0.29) is 47.8 Å². The minimum Gasteiger partial charge on any atom is -0.472 e. The average molecular weight is 512 g/mol. The summed E-state index contributed by atoms with van der Waals surface area (Å²) in [5.41, 5.74) is -0.177. The maximum absolute atomic E-state index is 13.6. The summed E-state index contributed by atoms with van der Waals surface area (Å²) in [6.45, 7) is 4.42. The van der Waals surface area contributed by atoms with Gasteiger partial charge in [0.05, 0.1) is 19.2 Å². The smallest absolute Gasteiger partial charge is 0.259 e. The minimum absolute atomic E-state index is 0.0660. The number of likely N-dealkylation sites (N-methyl/N-ethyl adjacent to an activating group) is 1. The molecule has 1 aromatic heterocycles. The van der Waals surface area contributed by atoms with E-state index in [9.17, 15) is 19.8 Å². The molecule has 0 saturated heterocycles. The number of aliphatic hydroxyl groups excluding tert-OH is 1. The molecule has 3 atom stereocenters. The summed E-state index contributed by atoms with van der Waals surface area (Å²) in [6.07, 6.45) is 9.64. The number of carbonyl (C=O) groups excluding carboxylic acids is 2. The number of pyridine rings is 1. The SMILES string of the molecule is C[C@@H]1CN([C@H](C)CO)C(=O)c2cc(C#CC3(O)CCCC3)cnc2O[C@H]1CN(C)C(=O)C1CCCCC1. The van der Waals surface area contributed by atoms with Gasteiger partial charge in [-0.25, -0.2) is 4.98 Å². The maximum Gasteiger partial charge on any atom is 0.259 e. The third-order valence-electron chi connectivity index (χ3n) is 8.18. The molecule has 0 spiro atoms. The molecule has 1 aromatic rings. The van der Waals surface area contributed by atoms with Crippen LogP contribution >= 0.6 is 0 Å². The molecule has 4 rings (SSSR count). The summed E-state index contributed by atoms with van der Waals surface area (Å²) >= 11 is 0. The lowest BCUT2D eigenvalue weighted by atomic mass is 9.88. The summed E-state index contributed by atoms with van der Waals surface area (Å²) in [5.74, 6) is 6.03. The van der Waals surface area contributed by atoms with Crippen LogP contribution in [-0.2, 0) is 4.79 Å². The van der Waals surface area contributed by atoms with Crippen LogP contribution in [0.2, 0.25) is 0 Å². The number of hydrogen-bond donors (Lipinski definition) is 2. The van der Waals surface area contributed by atoms with Crippen molar-refractivity contribution in [1.82, 2.24) is 14.8 Å². The number of ether oxygens (including phenoxy) is 1. The number of fused-ring (bicyclic) bond motifs is 1. The van der Waals surface area contributed by atoms with Crippen LogP contribution in [0.3, 0.4) is 0 Å². The standard InChI is InChI=1S/C29H41N3O5/c1-20-17-32(21(2)19-33)28(35)24-15-22(11-14-29(36)12-7-8-13-29)16-30-26(24)37-25(20)18-31(3)27(34)23-9-5-4-6-10-23/h15-16,20-21,23,25,33,36H,4-10,12-13,17-19H2,1-3H3/t20-,21-,25+/m1/s1. The minimum atomic E-state index is -0.988. The van der Waals surface area contributed by atoms with Crippen LogP contribution in [0.15, 0.2) is 12.3 Å². The second kappa shape index (κ2) is 11.8. The van der Waals surface area contributed by atoms with Crippen molar-refractivity contribution in [3.05, 3.63) is 23.4 Å². The predicted octanol–water partition coefficient (Wildman–Crippen LogP) is 3.00. The average Bonchev–Trinajstić information content (AvgIpc) is 3.35. The number of rotatable bonds is 5. The van der Waals surface area contributed by atoms with E-state index in [0.717, 1.165) is 38.5 Å². The molecule has 8 nitrogen and oxygen atoms in total. The Bertz CT molecular complexity index is 1040. The van der Waals surface area contributed by atoms with E-state index >= 15 is 0 Å². The van der Waals surface area contributed by atoms with Crippen LogP contribution in [-0.4, -0.2) is 81.3 Å². The summed E-state index contributed by atoms with van der Waals surface area (Å²) in [6, 6.07) is 1.27. The van der Waals surface area contributed by atoms with Crippen molar-refractivity contribution in [3.8, 4) is 17.7 Å². The van der Waals surface area contributed by atoms with E-state index < -0.39 is 11.6 Å². The van der Waals surface area contributed by atoms with Gasteiger partial charge in [-0.05, 0) is 51.5 Å². The predicted molar refractivity (Wildman–Crippen MR) is 140 cm³/mol. The first-order chi connectivity index (χ1) is 17.7. The number of aliphatic hydroxyl groups is 2. The van der Waals surface area contributed by atoms with E-state index in [4.69, 9.17) is 4.74 Å². The van der Waals surface area contributed by atoms with Crippen LogP contribution in [0, 0.1) is 23.7 Å². The Morgan fingerprint density at radius 2 is 1.97 bits per heavy atom. The van der Waals surface area contributed by atoms with Gasteiger partial charge in [0, 0.05) is 37.2 Å². The van der Waals surface area contributed by atoms with Gasteiger partial charge in [-0.3, -0.25) is 9.59 Å². The quantitative estimate of drug-likeness (QED) is 0.589. The molecule has 2 amide bonds. The van der Waals surface area contributed by atoms with Crippen molar-refractivity contribution in [2.24, 2.45) is 11.8 Å². The third-order valence-corrected chi connectivity index (χ3v) is 8.18. The molecule has 3 aliphatic rings. The molecule has 0 radical (unpaired) electrons. The molecular weight excluding hydrogens is 470 g/mol. The number of hydrogen-bond acceptors (Lipinski definition) is 6. The molecule has 0 unspecified atom stereocenters. The number of amides is 2.